The smallest absolute Gasteiger partial charge is 0.260 e. The number of nitrogens with zero attached hydrogens (tertiary/aromatic N) is 2. The first-order valence-corrected chi connectivity index (χ1v) is 9.52. The lowest BCUT2D eigenvalue weighted by Gasteiger charge is -2.35. The van der Waals surface area contributed by atoms with Crippen molar-refractivity contribution in [1.29, 1.82) is 0 Å². The van der Waals surface area contributed by atoms with E-state index in [1.807, 2.05) is 53.4 Å². The Bertz CT molecular complexity index is 786. The lowest BCUT2D eigenvalue weighted by molar-refractivity contribution is -0.141. The highest BCUT2D eigenvalue weighted by molar-refractivity contribution is 5.83. The number of hydrogen-bond donors (Lipinski definition) is 0. The third-order valence-electron chi connectivity index (χ3n) is 5.38. The Kier molecular flexibility index (Phi) is 5.10. The second-order valence-corrected chi connectivity index (χ2v) is 7.17. The zero-order valence-electron chi connectivity index (χ0n) is 15.3. The van der Waals surface area contributed by atoms with Gasteiger partial charge in [-0.1, -0.05) is 48.5 Å². The molecule has 0 bridgehead atoms. The van der Waals surface area contributed by atoms with Gasteiger partial charge < -0.3 is 14.5 Å². The van der Waals surface area contributed by atoms with Crippen molar-refractivity contribution in [2.24, 2.45) is 5.92 Å². The van der Waals surface area contributed by atoms with Gasteiger partial charge in [-0.05, 0) is 30.0 Å². The molecule has 27 heavy (non-hydrogen) atoms. The van der Waals surface area contributed by atoms with Crippen LogP contribution in [0.2, 0.25) is 0 Å². The maximum Gasteiger partial charge on any atom is 0.260 e. The molecule has 0 radical (unpaired) electrons. The minimum Gasteiger partial charge on any atom is -0.484 e. The molecule has 0 N–H and O–H groups in total. The molecule has 1 saturated heterocycles. The average Bonchev–Trinajstić information content (AvgIpc) is 3.54. The summed E-state index contributed by atoms with van der Waals surface area (Å²) in [5, 5.41) is 0. The number of rotatable bonds is 5. The van der Waals surface area contributed by atoms with E-state index in [-0.39, 0.29) is 24.3 Å². The summed E-state index contributed by atoms with van der Waals surface area (Å²) in [7, 11) is 0. The van der Waals surface area contributed by atoms with Crippen LogP contribution >= 0.6 is 0 Å². The largest absolute Gasteiger partial charge is 0.484 e. The van der Waals surface area contributed by atoms with Crippen molar-refractivity contribution >= 4 is 11.8 Å². The fraction of sp³-hybridized carbons (Fsp3) is 0.364. The first kappa shape index (κ1) is 17.6. The van der Waals surface area contributed by atoms with Gasteiger partial charge in [-0.2, -0.15) is 0 Å². The van der Waals surface area contributed by atoms with E-state index in [1.54, 1.807) is 4.90 Å². The molecule has 2 atom stereocenters. The monoisotopic (exact) mass is 364 g/mol. The van der Waals surface area contributed by atoms with Gasteiger partial charge in [0, 0.05) is 32.1 Å². The van der Waals surface area contributed by atoms with Crippen LogP contribution in [0, 0.1) is 5.92 Å². The average molecular weight is 364 g/mol. The SMILES string of the molecule is O=C(COc1ccccc1)N1CCN(C(=O)[C@@H]2C[C@H]2c2ccccc2)CC1. The molecular formula is C22H24N2O3. The van der Waals surface area contributed by atoms with E-state index in [0.29, 0.717) is 37.8 Å². The Labute approximate surface area is 159 Å². The number of benzene rings is 2. The number of ether oxygens (including phenoxy) is 1. The van der Waals surface area contributed by atoms with Crippen LogP contribution in [-0.4, -0.2) is 54.4 Å². The van der Waals surface area contributed by atoms with Crippen molar-refractivity contribution < 1.29 is 14.3 Å². The summed E-state index contributed by atoms with van der Waals surface area (Å²) in [6.07, 6.45) is 0.937. The fourth-order valence-corrected chi connectivity index (χ4v) is 3.70. The van der Waals surface area contributed by atoms with Crippen LogP contribution in [0.1, 0.15) is 17.9 Å². The Hall–Kier alpha value is -2.82. The highest BCUT2D eigenvalue weighted by Gasteiger charge is 2.46. The molecule has 4 rings (SSSR count). The third-order valence-corrected chi connectivity index (χ3v) is 5.38. The van der Waals surface area contributed by atoms with Crippen LogP contribution in [0.3, 0.4) is 0 Å². The van der Waals surface area contributed by atoms with Gasteiger partial charge in [0.1, 0.15) is 5.75 Å². The summed E-state index contributed by atoms with van der Waals surface area (Å²) in [5.41, 5.74) is 1.25. The zero-order chi connectivity index (χ0) is 18.6. The lowest BCUT2D eigenvalue weighted by atomic mass is 10.1. The van der Waals surface area contributed by atoms with E-state index in [4.69, 9.17) is 4.74 Å². The number of carbonyl (C=O) groups excluding carboxylic acids is 2. The highest BCUT2D eigenvalue weighted by atomic mass is 16.5. The van der Waals surface area contributed by atoms with Gasteiger partial charge in [0.25, 0.3) is 5.91 Å². The Balaban J connectivity index is 1.23. The highest BCUT2D eigenvalue weighted by Crippen LogP contribution is 2.48. The first-order valence-electron chi connectivity index (χ1n) is 9.52. The molecule has 1 aliphatic carbocycles. The molecule has 2 amide bonds. The third kappa shape index (κ3) is 4.13. The van der Waals surface area contributed by atoms with Crippen LogP contribution in [0.5, 0.6) is 5.75 Å². The molecule has 0 aromatic heterocycles. The molecule has 0 unspecified atom stereocenters. The molecule has 2 aromatic rings. The van der Waals surface area contributed by atoms with E-state index in [0.717, 1.165) is 6.42 Å². The molecule has 2 aliphatic rings. The molecule has 5 heteroatoms. The molecule has 2 fully saturated rings. The second kappa shape index (κ2) is 7.82. The number of piperazine rings is 1. The summed E-state index contributed by atoms with van der Waals surface area (Å²) < 4.78 is 5.53. The van der Waals surface area contributed by atoms with Crippen LogP contribution in [0.15, 0.2) is 60.7 Å². The van der Waals surface area contributed by atoms with Crippen LogP contribution < -0.4 is 4.74 Å². The fourth-order valence-electron chi connectivity index (χ4n) is 3.70. The predicted molar refractivity (Wildman–Crippen MR) is 102 cm³/mol. The Morgan fingerprint density at radius 3 is 2.11 bits per heavy atom. The van der Waals surface area contributed by atoms with E-state index in [9.17, 15) is 9.59 Å². The predicted octanol–water partition coefficient (Wildman–Crippen LogP) is 2.54. The Morgan fingerprint density at radius 1 is 0.852 bits per heavy atom. The number of para-hydroxylation sites is 1. The molecule has 2 aromatic carbocycles. The van der Waals surface area contributed by atoms with Crippen LogP contribution in [0.4, 0.5) is 0 Å². The maximum atomic E-state index is 12.7. The van der Waals surface area contributed by atoms with Gasteiger partial charge in [0.15, 0.2) is 6.61 Å². The van der Waals surface area contributed by atoms with E-state index < -0.39 is 0 Å². The van der Waals surface area contributed by atoms with Gasteiger partial charge in [0.2, 0.25) is 5.91 Å². The van der Waals surface area contributed by atoms with Gasteiger partial charge in [0.05, 0.1) is 0 Å². The molecule has 5 nitrogen and oxygen atoms in total. The normalized spacial score (nSPS) is 21.6. The zero-order valence-corrected chi connectivity index (χ0v) is 15.3. The van der Waals surface area contributed by atoms with Gasteiger partial charge >= 0.3 is 0 Å². The quantitative estimate of drug-likeness (QED) is 0.819. The molecule has 1 saturated carbocycles. The summed E-state index contributed by atoms with van der Waals surface area (Å²) in [6.45, 7) is 2.40. The van der Waals surface area contributed by atoms with Crippen molar-refractivity contribution in [1.82, 2.24) is 9.80 Å². The van der Waals surface area contributed by atoms with Crippen molar-refractivity contribution in [2.75, 3.05) is 32.8 Å². The molecule has 140 valence electrons. The van der Waals surface area contributed by atoms with Crippen LogP contribution in [0.25, 0.3) is 0 Å². The molecule has 1 aliphatic heterocycles. The molecule has 0 spiro atoms. The summed E-state index contributed by atoms with van der Waals surface area (Å²) in [4.78, 5) is 28.8. The number of hydrogen-bond acceptors (Lipinski definition) is 3. The lowest BCUT2D eigenvalue weighted by Crippen LogP contribution is -2.52. The summed E-state index contributed by atoms with van der Waals surface area (Å²) >= 11 is 0. The van der Waals surface area contributed by atoms with Crippen molar-refractivity contribution in [3.8, 4) is 5.75 Å². The standard InChI is InChI=1S/C22H24N2O3/c25-21(16-27-18-9-5-2-6-10-18)23-11-13-24(14-12-23)22(26)20-15-19(20)17-7-3-1-4-8-17/h1-10,19-20H,11-16H2/t19-,20+/m0/s1. The van der Waals surface area contributed by atoms with Crippen molar-refractivity contribution in [3.63, 3.8) is 0 Å². The van der Waals surface area contributed by atoms with Gasteiger partial charge in [-0.15, -0.1) is 0 Å². The maximum absolute atomic E-state index is 12.7. The molecular weight excluding hydrogens is 340 g/mol. The van der Waals surface area contributed by atoms with Crippen molar-refractivity contribution in [2.45, 2.75) is 12.3 Å². The van der Waals surface area contributed by atoms with Crippen LogP contribution in [-0.2, 0) is 9.59 Å². The summed E-state index contributed by atoms with van der Waals surface area (Å²) in [5.74, 6) is 1.37. The van der Waals surface area contributed by atoms with E-state index in [1.165, 1.54) is 5.56 Å². The van der Waals surface area contributed by atoms with Gasteiger partial charge in [-0.25, -0.2) is 0 Å². The minimum absolute atomic E-state index is 0.0282. The van der Waals surface area contributed by atoms with E-state index in [2.05, 4.69) is 12.1 Å². The van der Waals surface area contributed by atoms with E-state index >= 15 is 0 Å². The number of carbonyl (C=O) groups is 2. The Morgan fingerprint density at radius 2 is 1.44 bits per heavy atom. The first-order chi connectivity index (χ1) is 13.2. The molecule has 1 heterocycles. The topological polar surface area (TPSA) is 49.9 Å². The summed E-state index contributed by atoms with van der Waals surface area (Å²) in [6, 6.07) is 19.6. The van der Waals surface area contributed by atoms with Crippen molar-refractivity contribution in [3.05, 3.63) is 66.2 Å². The van der Waals surface area contributed by atoms with Gasteiger partial charge in [-0.3, -0.25) is 9.59 Å². The minimum atomic E-state index is -0.0282. The second-order valence-electron chi connectivity index (χ2n) is 7.17. The number of amides is 2.